The molecule has 1 heterocycles. The first kappa shape index (κ1) is 14.7. The SMILES string of the molecule is COc1cc(Br)cc(NC2CCN(C(C)C)CC2)c1. The zero-order chi connectivity index (χ0) is 13.8. The number of rotatable bonds is 4. The van der Waals surface area contributed by atoms with Gasteiger partial charge in [0.1, 0.15) is 5.75 Å². The zero-order valence-corrected chi connectivity index (χ0v) is 13.5. The normalized spacial score (nSPS) is 17.7. The van der Waals surface area contributed by atoms with Gasteiger partial charge in [0, 0.05) is 41.4 Å². The monoisotopic (exact) mass is 326 g/mol. The van der Waals surface area contributed by atoms with Crippen LogP contribution in [0.3, 0.4) is 0 Å². The Labute approximate surface area is 124 Å². The largest absolute Gasteiger partial charge is 0.497 e. The third kappa shape index (κ3) is 4.11. The minimum Gasteiger partial charge on any atom is -0.497 e. The fourth-order valence-electron chi connectivity index (χ4n) is 2.56. The summed E-state index contributed by atoms with van der Waals surface area (Å²) in [5, 5.41) is 3.62. The second-order valence-electron chi connectivity index (χ2n) is 5.43. The van der Waals surface area contributed by atoms with Crippen molar-refractivity contribution in [1.82, 2.24) is 4.90 Å². The van der Waals surface area contributed by atoms with Gasteiger partial charge in [0.15, 0.2) is 0 Å². The number of anilines is 1. The lowest BCUT2D eigenvalue weighted by atomic mass is 10.0. The van der Waals surface area contributed by atoms with E-state index in [1.165, 1.54) is 25.9 Å². The van der Waals surface area contributed by atoms with Crippen LogP contribution in [-0.2, 0) is 0 Å². The molecule has 0 aliphatic carbocycles. The van der Waals surface area contributed by atoms with Gasteiger partial charge in [0.2, 0.25) is 0 Å². The lowest BCUT2D eigenvalue weighted by molar-refractivity contribution is 0.177. The number of nitrogens with one attached hydrogen (secondary N) is 1. The van der Waals surface area contributed by atoms with E-state index in [-0.39, 0.29) is 0 Å². The molecule has 0 amide bonds. The minimum absolute atomic E-state index is 0.564. The summed E-state index contributed by atoms with van der Waals surface area (Å²) in [6.07, 6.45) is 2.40. The predicted octanol–water partition coefficient (Wildman–Crippen LogP) is 3.74. The number of piperidine rings is 1. The first-order valence-electron chi connectivity index (χ1n) is 6.93. The van der Waals surface area contributed by atoms with Crippen LogP contribution >= 0.6 is 15.9 Å². The van der Waals surface area contributed by atoms with Crippen molar-refractivity contribution in [3.63, 3.8) is 0 Å². The van der Waals surface area contributed by atoms with Gasteiger partial charge >= 0.3 is 0 Å². The van der Waals surface area contributed by atoms with Crippen LogP contribution in [0.5, 0.6) is 5.75 Å². The molecule has 19 heavy (non-hydrogen) atoms. The molecule has 1 saturated heterocycles. The summed E-state index contributed by atoms with van der Waals surface area (Å²) in [6, 6.07) is 7.37. The second-order valence-corrected chi connectivity index (χ2v) is 6.34. The molecule has 1 N–H and O–H groups in total. The Hall–Kier alpha value is -0.740. The van der Waals surface area contributed by atoms with E-state index in [1.807, 2.05) is 6.07 Å². The Bertz CT molecular complexity index is 415. The predicted molar refractivity (Wildman–Crippen MR) is 84.0 cm³/mol. The summed E-state index contributed by atoms with van der Waals surface area (Å²) in [4.78, 5) is 2.54. The van der Waals surface area contributed by atoms with Gasteiger partial charge in [-0.15, -0.1) is 0 Å². The average molecular weight is 327 g/mol. The van der Waals surface area contributed by atoms with E-state index >= 15 is 0 Å². The number of hydrogen-bond donors (Lipinski definition) is 1. The highest BCUT2D eigenvalue weighted by Gasteiger charge is 2.20. The van der Waals surface area contributed by atoms with Gasteiger partial charge < -0.3 is 15.0 Å². The third-order valence-electron chi connectivity index (χ3n) is 3.74. The van der Waals surface area contributed by atoms with Gasteiger partial charge in [0.05, 0.1) is 7.11 Å². The number of likely N-dealkylation sites (tertiary alicyclic amines) is 1. The molecule has 2 rings (SSSR count). The van der Waals surface area contributed by atoms with Gasteiger partial charge in [-0.05, 0) is 38.8 Å². The second kappa shape index (κ2) is 6.62. The molecule has 3 nitrogen and oxygen atoms in total. The van der Waals surface area contributed by atoms with Crippen molar-refractivity contribution < 1.29 is 4.74 Å². The van der Waals surface area contributed by atoms with Crippen molar-refractivity contribution in [3.05, 3.63) is 22.7 Å². The number of ether oxygens (including phenoxy) is 1. The van der Waals surface area contributed by atoms with Gasteiger partial charge in [0.25, 0.3) is 0 Å². The van der Waals surface area contributed by atoms with E-state index in [1.54, 1.807) is 7.11 Å². The molecule has 0 aromatic heterocycles. The molecule has 4 heteroatoms. The molecular formula is C15H23BrN2O. The maximum absolute atomic E-state index is 5.30. The van der Waals surface area contributed by atoms with E-state index in [9.17, 15) is 0 Å². The van der Waals surface area contributed by atoms with Crippen molar-refractivity contribution in [3.8, 4) is 5.75 Å². The molecule has 0 spiro atoms. The Kier molecular flexibility index (Phi) is 5.11. The standard InChI is InChI=1S/C15H23BrN2O/c1-11(2)18-6-4-13(5-7-18)17-14-8-12(16)9-15(10-14)19-3/h8-11,13,17H,4-7H2,1-3H3. The van der Waals surface area contributed by atoms with Crippen LogP contribution in [0.15, 0.2) is 22.7 Å². The van der Waals surface area contributed by atoms with Gasteiger partial charge in [-0.1, -0.05) is 15.9 Å². The first-order valence-corrected chi connectivity index (χ1v) is 7.73. The maximum atomic E-state index is 5.30. The lowest BCUT2D eigenvalue weighted by Crippen LogP contribution is -2.42. The summed E-state index contributed by atoms with van der Waals surface area (Å²) < 4.78 is 6.35. The Balaban J connectivity index is 1.93. The van der Waals surface area contributed by atoms with Crippen LogP contribution in [0, 0.1) is 0 Å². The highest BCUT2D eigenvalue weighted by atomic mass is 79.9. The molecule has 0 bridgehead atoms. The summed E-state index contributed by atoms with van der Waals surface area (Å²) in [5.41, 5.74) is 1.13. The lowest BCUT2D eigenvalue weighted by Gasteiger charge is -2.35. The van der Waals surface area contributed by atoms with E-state index < -0.39 is 0 Å². The Morgan fingerprint density at radius 2 is 1.95 bits per heavy atom. The number of methoxy groups -OCH3 is 1. The molecular weight excluding hydrogens is 304 g/mol. The smallest absolute Gasteiger partial charge is 0.122 e. The first-order chi connectivity index (χ1) is 9.08. The quantitative estimate of drug-likeness (QED) is 0.912. The average Bonchev–Trinajstić information content (AvgIpc) is 2.38. The van der Waals surface area contributed by atoms with Crippen molar-refractivity contribution >= 4 is 21.6 Å². The van der Waals surface area contributed by atoms with E-state index in [0.29, 0.717) is 12.1 Å². The molecule has 0 saturated carbocycles. The van der Waals surface area contributed by atoms with Crippen LogP contribution in [0.25, 0.3) is 0 Å². The highest BCUT2D eigenvalue weighted by molar-refractivity contribution is 9.10. The number of hydrogen-bond acceptors (Lipinski definition) is 3. The number of nitrogens with zero attached hydrogens (tertiary/aromatic N) is 1. The van der Waals surface area contributed by atoms with Crippen molar-refractivity contribution in [2.75, 3.05) is 25.5 Å². The Morgan fingerprint density at radius 3 is 2.53 bits per heavy atom. The molecule has 0 atom stereocenters. The number of benzene rings is 1. The van der Waals surface area contributed by atoms with Crippen LogP contribution in [-0.4, -0.2) is 37.2 Å². The highest BCUT2D eigenvalue weighted by Crippen LogP contribution is 2.26. The molecule has 1 aliphatic heterocycles. The summed E-state index contributed by atoms with van der Waals surface area (Å²) in [5.74, 6) is 0.886. The molecule has 0 unspecified atom stereocenters. The maximum Gasteiger partial charge on any atom is 0.122 e. The minimum atomic E-state index is 0.564. The fraction of sp³-hybridized carbons (Fsp3) is 0.600. The van der Waals surface area contributed by atoms with E-state index in [2.05, 4.69) is 52.1 Å². The molecule has 1 aliphatic rings. The third-order valence-corrected chi connectivity index (χ3v) is 4.20. The van der Waals surface area contributed by atoms with Crippen molar-refractivity contribution in [2.24, 2.45) is 0 Å². The van der Waals surface area contributed by atoms with Crippen LogP contribution < -0.4 is 10.1 Å². The van der Waals surface area contributed by atoms with Gasteiger partial charge in [-0.25, -0.2) is 0 Å². The van der Waals surface area contributed by atoms with E-state index in [4.69, 9.17) is 4.74 Å². The van der Waals surface area contributed by atoms with Crippen LogP contribution in [0.4, 0.5) is 5.69 Å². The fourth-order valence-corrected chi connectivity index (χ4v) is 3.03. The van der Waals surface area contributed by atoms with Crippen molar-refractivity contribution in [2.45, 2.75) is 38.8 Å². The van der Waals surface area contributed by atoms with Gasteiger partial charge in [-0.3, -0.25) is 0 Å². The van der Waals surface area contributed by atoms with Gasteiger partial charge in [-0.2, -0.15) is 0 Å². The molecule has 1 fully saturated rings. The molecule has 1 aromatic carbocycles. The summed E-state index contributed by atoms with van der Waals surface area (Å²) in [6.45, 7) is 6.90. The van der Waals surface area contributed by atoms with Crippen molar-refractivity contribution in [1.29, 1.82) is 0 Å². The van der Waals surface area contributed by atoms with Crippen LogP contribution in [0.2, 0.25) is 0 Å². The van der Waals surface area contributed by atoms with E-state index in [0.717, 1.165) is 15.9 Å². The topological polar surface area (TPSA) is 24.5 Å². The molecule has 106 valence electrons. The molecule has 0 radical (unpaired) electrons. The van der Waals surface area contributed by atoms with Crippen LogP contribution in [0.1, 0.15) is 26.7 Å². The zero-order valence-electron chi connectivity index (χ0n) is 11.9. The Morgan fingerprint density at radius 1 is 1.26 bits per heavy atom. The number of halogens is 1. The summed E-state index contributed by atoms with van der Waals surface area (Å²) in [7, 11) is 1.70. The molecule has 1 aromatic rings. The summed E-state index contributed by atoms with van der Waals surface area (Å²) >= 11 is 3.52.